The molecule has 20 heavy (non-hydrogen) atoms. The molecule has 2 saturated heterocycles. The van der Waals surface area contributed by atoms with Gasteiger partial charge in [-0.2, -0.15) is 4.98 Å². The molecule has 0 radical (unpaired) electrons. The molecule has 1 aromatic heterocycles. The van der Waals surface area contributed by atoms with Crippen molar-refractivity contribution in [3.63, 3.8) is 0 Å². The van der Waals surface area contributed by atoms with Crippen LogP contribution < -0.4 is 15.0 Å². The van der Waals surface area contributed by atoms with Crippen LogP contribution in [0, 0.1) is 5.92 Å². The monoisotopic (exact) mass is 276 g/mol. The van der Waals surface area contributed by atoms with Gasteiger partial charge in [-0.1, -0.05) is 0 Å². The first-order valence-electron chi connectivity index (χ1n) is 7.81. The van der Waals surface area contributed by atoms with Gasteiger partial charge >= 0.3 is 0 Å². The standard InChI is InChI=1S/C15H24N4O/c1-2-20-14-5-9-17-15(18-14)19-10-6-12(7-11-19)13-4-3-8-16-13/h5,9,12-13,16H,2-4,6-8,10-11H2,1H3. The largest absolute Gasteiger partial charge is 0.478 e. The van der Waals surface area contributed by atoms with Gasteiger partial charge in [0.25, 0.3) is 0 Å². The number of aromatic nitrogens is 2. The first-order chi connectivity index (χ1) is 9.86. The second-order valence-electron chi connectivity index (χ2n) is 5.66. The molecule has 3 heterocycles. The van der Waals surface area contributed by atoms with Crippen molar-refractivity contribution in [2.75, 3.05) is 31.1 Å². The molecule has 1 atom stereocenters. The molecule has 1 unspecified atom stereocenters. The average molecular weight is 276 g/mol. The van der Waals surface area contributed by atoms with Crippen LogP contribution in [-0.4, -0.2) is 42.3 Å². The summed E-state index contributed by atoms with van der Waals surface area (Å²) >= 11 is 0. The Morgan fingerprint density at radius 2 is 2.20 bits per heavy atom. The second-order valence-corrected chi connectivity index (χ2v) is 5.66. The van der Waals surface area contributed by atoms with Crippen molar-refractivity contribution in [1.82, 2.24) is 15.3 Å². The van der Waals surface area contributed by atoms with Crippen LogP contribution in [0.2, 0.25) is 0 Å². The number of ether oxygens (including phenoxy) is 1. The van der Waals surface area contributed by atoms with E-state index in [0.29, 0.717) is 12.5 Å². The third-order valence-corrected chi connectivity index (χ3v) is 4.40. The molecule has 2 fully saturated rings. The lowest BCUT2D eigenvalue weighted by atomic mass is 9.89. The topological polar surface area (TPSA) is 50.3 Å². The highest BCUT2D eigenvalue weighted by atomic mass is 16.5. The smallest absolute Gasteiger partial charge is 0.228 e. The molecule has 0 spiro atoms. The van der Waals surface area contributed by atoms with Gasteiger partial charge in [0.1, 0.15) is 0 Å². The molecule has 110 valence electrons. The van der Waals surface area contributed by atoms with Gasteiger partial charge in [0.15, 0.2) is 0 Å². The van der Waals surface area contributed by atoms with Crippen molar-refractivity contribution < 1.29 is 4.74 Å². The molecule has 2 aliphatic rings. The Hall–Kier alpha value is -1.36. The molecular weight excluding hydrogens is 252 g/mol. The third kappa shape index (κ3) is 3.03. The summed E-state index contributed by atoms with van der Waals surface area (Å²) < 4.78 is 5.45. The Balaban J connectivity index is 1.58. The van der Waals surface area contributed by atoms with Crippen molar-refractivity contribution in [3.05, 3.63) is 12.3 Å². The van der Waals surface area contributed by atoms with Gasteiger partial charge < -0.3 is 15.0 Å². The molecule has 1 N–H and O–H groups in total. The summed E-state index contributed by atoms with van der Waals surface area (Å²) in [4.78, 5) is 11.2. The van der Waals surface area contributed by atoms with Crippen LogP contribution in [0.1, 0.15) is 32.6 Å². The molecule has 5 nitrogen and oxygen atoms in total. The van der Waals surface area contributed by atoms with Crippen LogP contribution in [0.15, 0.2) is 12.3 Å². The summed E-state index contributed by atoms with van der Waals surface area (Å²) in [5.74, 6) is 2.31. The number of piperidine rings is 1. The van der Waals surface area contributed by atoms with Crippen LogP contribution in [0.5, 0.6) is 5.88 Å². The lowest BCUT2D eigenvalue weighted by Gasteiger charge is -2.34. The number of rotatable bonds is 4. The average Bonchev–Trinajstić information content (AvgIpc) is 3.02. The number of anilines is 1. The first-order valence-corrected chi connectivity index (χ1v) is 7.81. The maximum absolute atomic E-state index is 5.45. The van der Waals surface area contributed by atoms with Gasteiger partial charge in [-0.3, -0.25) is 0 Å². The highest BCUT2D eigenvalue weighted by Crippen LogP contribution is 2.27. The van der Waals surface area contributed by atoms with E-state index in [9.17, 15) is 0 Å². The zero-order chi connectivity index (χ0) is 13.8. The minimum atomic E-state index is 0.645. The van der Waals surface area contributed by atoms with E-state index in [4.69, 9.17) is 4.74 Å². The third-order valence-electron chi connectivity index (χ3n) is 4.40. The van der Waals surface area contributed by atoms with Gasteiger partial charge in [0.2, 0.25) is 11.8 Å². The molecule has 0 aliphatic carbocycles. The fraction of sp³-hybridized carbons (Fsp3) is 0.733. The predicted octanol–water partition coefficient (Wildman–Crippen LogP) is 1.84. The first kappa shape index (κ1) is 13.6. The number of hydrogen-bond acceptors (Lipinski definition) is 5. The van der Waals surface area contributed by atoms with Crippen molar-refractivity contribution in [2.24, 2.45) is 5.92 Å². The Bertz CT molecular complexity index is 426. The Morgan fingerprint density at radius 3 is 2.90 bits per heavy atom. The van der Waals surface area contributed by atoms with E-state index in [-0.39, 0.29) is 0 Å². The molecule has 0 saturated carbocycles. The van der Waals surface area contributed by atoms with Crippen molar-refractivity contribution in [3.8, 4) is 5.88 Å². The molecule has 0 amide bonds. The summed E-state index contributed by atoms with van der Waals surface area (Å²) in [6.45, 7) is 5.93. The number of nitrogens with zero attached hydrogens (tertiary/aromatic N) is 3. The normalized spacial score (nSPS) is 24.1. The zero-order valence-electron chi connectivity index (χ0n) is 12.2. The van der Waals surface area contributed by atoms with E-state index in [1.165, 1.54) is 32.2 Å². The lowest BCUT2D eigenvalue weighted by Crippen LogP contribution is -2.41. The Labute approximate surface area is 120 Å². The van der Waals surface area contributed by atoms with Gasteiger partial charge in [0, 0.05) is 31.4 Å². The quantitative estimate of drug-likeness (QED) is 0.909. The van der Waals surface area contributed by atoms with Crippen LogP contribution in [-0.2, 0) is 0 Å². The van der Waals surface area contributed by atoms with Crippen molar-refractivity contribution in [1.29, 1.82) is 0 Å². The van der Waals surface area contributed by atoms with Gasteiger partial charge in [-0.25, -0.2) is 4.98 Å². The zero-order valence-corrected chi connectivity index (χ0v) is 12.2. The number of hydrogen-bond donors (Lipinski definition) is 1. The Morgan fingerprint density at radius 1 is 1.35 bits per heavy atom. The molecular formula is C15H24N4O. The van der Waals surface area contributed by atoms with Crippen LogP contribution in [0.4, 0.5) is 5.95 Å². The van der Waals surface area contributed by atoms with Gasteiger partial charge in [-0.05, 0) is 45.1 Å². The van der Waals surface area contributed by atoms with Gasteiger partial charge in [0.05, 0.1) is 6.61 Å². The molecule has 1 aromatic rings. The maximum atomic E-state index is 5.45. The van der Waals surface area contributed by atoms with Crippen LogP contribution in [0.3, 0.4) is 0 Å². The van der Waals surface area contributed by atoms with E-state index >= 15 is 0 Å². The van der Waals surface area contributed by atoms with E-state index in [0.717, 1.165) is 31.0 Å². The molecule has 0 aromatic carbocycles. The van der Waals surface area contributed by atoms with E-state index in [1.54, 1.807) is 6.20 Å². The van der Waals surface area contributed by atoms with Crippen molar-refractivity contribution in [2.45, 2.75) is 38.6 Å². The molecule has 0 bridgehead atoms. The summed E-state index contributed by atoms with van der Waals surface area (Å²) in [5, 5.41) is 3.64. The maximum Gasteiger partial charge on any atom is 0.228 e. The summed E-state index contributed by atoms with van der Waals surface area (Å²) in [5.41, 5.74) is 0. The number of nitrogens with one attached hydrogen (secondary N) is 1. The predicted molar refractivity (Wildman–Crippen MR) is 79.2 cm³/mol. The fourth-order valence-electron chi connectivity index (χ4n) is 3.33. The van der Waals surface area contributed by atoms with E-state index in [2.05, 4.69) is 20.2 Å². The second kappa shape index (κ2) is 6.39. The molecule has 5 heteroatoms. The Kier molecular flexibility index (Phi) is 4.35. The minimum absolute atomic E-state index is 0.645. The lowest BCUT2D eigenvalue weighted by molar-refractivity contribution is 0.313. The highest BCUT2D eigenvalue weighted by Gasteiger charge is 2.29. The SMILES string of the molecule is CCOc1ccnc(N2CCC(C3CCCN3)CC2)n1. The summed E-state index contributed by atoms with van der Waals surface area (Å²) in [6, 6.07) is 2.56. The van der Waals surface area contributed by atoms with Crippen molar-refractivity contribution >= 4 is 5.95 Å². The van der Waals surface area contributed by atoms with Crippen LogP contribution in [0.25, 0.3) is 0 Å². The summed E-state index contributed by atoms with van der Waals surface area (Å²) in [7, 11) is 0. The summed E-state index contributed by atoms with van der Waals surface area (Å²) in [6.07, 6.45) is 6.95. The van der Waals surface area contributed by atoms with E-state index in [1.807, 2.05) is 13.0 Å². The van der Waals surface area contributed by atoms with Gasteiger partial charge in [-0.15, -0.1) is 0 Å². The molecule has 3 rings (SSSR count). The fourth-order valence-corrected chi connectivity index (χ4v) is 3.33. The minimum Gasteiger partial charge on any atom is -0.478 e. The highest BCUT2D eigenvalue weighted by molar-refractivity contribution is 5.32. The molecule has 2 aliphatic heterocycles. The van der Waals surface area contributed by atoms with E-state index < -0.39 is 0 Å². The van der Waals surface area contributed by atoms with Crippen LogP contribution >= 0.6 is 0 Å².